The van der Waals surface area contributed by atoms with Crippen LogP contribution >= 0.6 is 0 Å². The van der Waals surface area contributed by atoms with Gasteiger partial charge in [-0.2, -0.15) is 5.10 Å². The van der Waals surface area contributed by atoms with Crippen molar-refractivity contribution in [3.63, 3.8) is 0 Å². The Balaban J connectivity index is 2.29. The molecule has 0 amide bonds. The molecule has 1 saturated carbocycles. The summed E-state index contributed by atoms with van der Waals surface area (Å²) in [7, 11) is -3.90. The molecule has 2 rings (SSSR count). The minimum Gasteiger partial charge on any atom is -0.262 e. The average Bonchev–Trinajstić information content (AvgIpc) is 2.48. The van der Waals surface area contributed by atoms with E-state index in [9.17, 15) is 17.2 Å². The van der Waals surface area contributed by atoms with Gasteiger partial charge in [0.15, 0.2) is 5.03 Å². The minimum atomic E-state index is -3.90. The second-order valence-corrected chi connectivity index (χ2v) is 4.67. The van der Waals surface area contributed by atoms with Crippen molar-refractivity contribution in [3.05, 3.63) is 12.3 Å². The summed E-state index contributed by atoms with van der Waals surface area (Å²) in [5, 5.41) is 7.84. The number of alkyl halides is 2. The highest BCUT2D eigenvalue weighted by molar-refractivity contribution is 7.89. The van der Waals surface area contributed by atoms with E-state index in [1.54, 1.807) is 0 Å². The predicted octanol–water partition coefficient (Wildman–Crippen LogP) is 0.111. The van der Waals surface area contributed by atoms with E-state index in [4.69, 9.17) is 5.14 Å². The molecule has 1 atom stereocenters. The van der Waals surface area contributed by atoms with Gasteiger partial charge in [-0.05, 0) is 6.07 Å². The number of rotatable bonds is 2. The first kappa shape index (κ1) is 9.53. The van der Waals surface area contributed by atoms with Crippen molar-refractivity contribution in [2.24, 2.45) is 5.14 Å². The van der Waals surface area contributed by atoms with Gasteiger partial charge in [-0.15, -0.1) is 0 Å². The number of primary sulfonamides is 1. The highest BCUT2D eigenvalue weighted by Crippen LogP contribution is 2.52. The highest BCUT2D eigenvalue weighted by atomic mass is 32.2. The molecule has 0 bridgehead atoms. The molecule has 0 saturated heterocycles. The summed E-state index contributed by atoms with van der Waals surface area (Å²) in [5.74, 6) is -2.78. The van der Waals surface area contributed by atoms with Crippen LogP contribution in [-0.2, 0) is 10.0 Å². The van der Waals surface area contributed by atoms with E-state index in [1.807, 2.05) is 0 Å². The molecule has 8 heteroatoms. The predicted molar refractivity (Wildman–Crippen MR) is 42.2 cm³/mol. The van der Waals surface area contributed by atoms with Crippen molar-refractivity contribution in [3.8, 4) is 0 Å². The van der Waals surface area contributed by atoms with Crippen LogP contribution < -0.4 is 5.14 Å². The SMILES string of the molecule is NS(=O)(=O)c1ccn(C2CC2(F)F)n1. The topological polar surface area (TPSA) is 78.0 Å². The van der Waals surface area contributed by atoms with Crippen molar-refractivity contribution in [2.75, 3.05) is 0 Å². The summed E-state index contributed by atoms with van der Waals surface area (Å²) >= 11 is 0. The number of sulfonamides is 1. The van der Waals surface area contributed by atoms with E-state index in [1.165, 1.54) is 6.20 Å². The molecule has 5 nitrogen and oxygen atoms in total. The second-order valence-electron chi connectivity index (χ2n) is 3.16. The van der Waals surface area contributed by atoms with Gasteiger partial charge in [0.2, 0.25) is 0 Å². The molecule has 0 aromatic carbocycles. The van der Waals surface area contributed by atoms with Gasteiger partial charge in [-0.25, -0.2) is 22.3 Å². The zero-order valence-corrected chi connectivity index (χ0v) is 7.71. The van der Waals surface area contributed by atoms with E-state index >= 15 is 0 Å². The number of hydrogen-bond acceptors (Lipinski definition) is 3. The number of aromatic nitrogens is 2. The largest absolute Gasteiger partial charge is 0.272 e. The third-order valence-electron chi connectivity index (χ3n) is 1.99. The number of hydrogen-bond donors (Lipinski definition) is 1. The fourth-order valence-corrected chi connectivity index (χ4v) is 1.59. The molecule has 0 radical (unpaired) electrons. The molecule has 14 heavy (non-hydrogen) atoms. The summed E-state index contributed by atoms with van der Waals surface area (Å²) < 4.78 is 47.6. The van der Waals surface area contributed by atoms with Crippen LogP contribution in [-0.4, -0.2) is 24.1 Å². The molecular weight excluding hydrogens is 216 g/mol. The molecule has 1 heterocycles. The summed E-state index contributed by atoms with van der Waals surface area (Å²) in [5.41, 5.74) is 0. The third-order valence-corrected chi connectivity index (χ3v) is 2.79. The lowest BCUT2D eigenvalue weighted by molar-refractivity contribution is 0.0981. The van der Waals surface area contributed by atoms with Gasteiger partial charge < -0.3 is 0 Å². The molecule has 1 aromatic heterocycles. The van der Waals surface area contributed by atoms with Gasteiger partial charge in [-0.1, -0.05) is 0 Å². The average molecular weight is 223 g/mol. The van der Waals surface area contributed by atoms with Crippen molar-refractivity contribution in [1.82, 2.24) is 9.78 Å². The first-order valence-electron chi connectivity index (χ1n) is 3.76. The lowest BCUT2D eigenvalue weighted by Gasteiger charge is -1.97. The lowest BCUT2D eigenvalue weighted by atomic mass is 10.6. The number of halogens is 2. The molecular formula is C6H7F2N3O2S. The number of nitrogens with zero attached hydrogens (tertiary/aromatic N) is 2. The Kier molecular flexibility index (Phi) is 1.71. The smallest absolute Gasteiger partial charge is 0.262 e. The normalized spacial score (nSPS) is 24.9. The second kappa shape index (κ2) is 2.51. The van der Waals surface area contributed by atoms with Gasteiger partial charge >= 0.3 is 0 Å². The standard InChI is InChI=1S/C6H7F2N3O2S/c7-6(8)3-4(6)11-2-1-5(10-11)14(9,12)13/h1-2,4H,3H2,(H2,9,12,13). The van der Waals surface area contributed by atoms with Gasteiger partial charge in [0, 0.05) is 12.6 Å². The highest BCUT2D eigenvalue weighted by Gasteiger charge is 2.59. The fraction of sp³-hybridized carbons (Fsp3) is 0.500. The van der Waals surface area contributed by atoms with Crippen LogP contribution in [0, 0.1) is 0 Å². The Bertz CT molecular complexity index is 467. The zero-order chi connectivity index (χ0) is 10.6. The summed E-state index contributed by atoms with van der Waals surface area (Å²) in [6.45, 7) is 0. The van der Waals surface area contributed by atoms with Crippen LogP contribution in [0.4, 0.5) is 8.78 Å². The van der Waals surface area contributed by atoms with Crippen molar-refractivity contribution in [2.45, 2.75) is 23.4 Å². The first-order valence-corrected chi connectivity index (χ1v) is 5.31. The van der Waals surface area contributed by atoms with Gasteiger partial charge in [0.1, 0.15) is 6.04 Å². The summed E-state index contributed by atoms with van der Waals surface area (Å²) in [6, 6.07) is 0.0713. The van der Waals surface area contributed by atoms with Gasteiger partial charge in [0.25, 0.3) is 15.9 Å². The Morgan fingerprint density at radius 2 is 2.21 bits per heavy atom. The number of nitrogens with two attached hydrogens (primary N) is 1. The van der Waals surface area contributed by atoms with Crippen LogP contribution in [0.3, 0.4) is 0 Å². The molecule has 2 N–H and O–H groups in total. The zero-order valence-electron chi connectivity index (χ0n) is 6.89. The minimum absolute atomic E-state index is 0.307. The van der Waals surface area contributed by atoms with Gasteiger partial charge in [-0.3, -0.25) is 4.68 Å². The molecule has 78 valence electrons. The van der Waals surface area contributed by atoms with Crippen molar-refractivity contribution < 1.29 is 17.2 Å². The van der Waals surface area contributed by atoms with Crippen LogP contribution in [0.1, 0.15) is 12.5 Å². The summed E-state index contributed by atoms with van der Waals surface area (Å²) in [6.07, 6.45) is 0.879. The maximum absolute atomic E-state index is 12.5. The molecule has 1 unspecified atom stereocenters. The Morgan fingerprint density at radius 1 is 1.64 bits per heavy atom. The van der Waals surface area contributed by atoms with E-state index in [0.29, 0.717) is 0 Å². The van der Waals surface area contributed by atoms with Crippen LogP contribution in [0.2, 0.25) is 0 Å². The first-order chi connectivity index (χ1) is 6.31. The maximum atomic E-state index is 12.5. The van der Waals surface area contributed by atoms with E-state index < -0.39 is 22.0 Å². The van der Waals surface area contributed by atoms with Crippen molar-refractivity contribution >= 4 is 10.0 Å². The Labute approximate surface area is 78.6 Å². The molecule has 1 fully saturated rings. The summed E-state index contributed by atoms with van der Waals surface area (Å²) in [4.78, 5) is 0. The van der Waals surface area contributed by atoms with Crippen LogP contribution in [0.25, 0.3) is 0 Å². The van der Waals surface area contributed by atoms with Crippen LogP contribution in [0.5, 0.6) is 0 Å². The lowest BCUT2D eigenvalue weighted by Crippen LogP contribution is -2.13. The van der Waals surface area contributed by atoms with E-state index in [2.05, 4.69) is 5.10 Å². The maximum Gasteiger partial charge on any atom is 0.272 e. The van der Waals surface area contributed by atoms with E-state index in [0.717, 1.165) is 10.7 Å². The fourth-order valence-electron chi connectivity index (χ4n) is 1.13. The Morgan fingerprint density at radius 3 is 2.57 bits per heavy atom. The molecule has 1 aliphatic carbocycles. The Hall–Kier alpha value is -1.02. The third kappa shape index (κ3) is 1.50. The monoisotopic (exact) mass is 223 g/mol. The van der Waals surface area contributed by atoms with E-state index in [-0.39, 0.29) is 11.4 Å². The molecule has 0 spiro atoms. The molecule has 1 aromatic rings. The quantitative estimate of drug-likeness (QED) is 0.772. The molecule has 0 aliphatic heterocycles. The van der Waals surface area contributed by atoms with Gasteiger partial charge in [0.05, 0.1) is 0 Å². The molecule has 1 aliphatic rings. The van der Waals surface area contributed by atoms with Crippen molar-refractivity contribution in [1.29, 1.82) is 0 Å². The van der Waals surface area contributed by atoms with Crippen LogP contribution in [0.15, 0.2) is 17.3 Å².